The maximum atomic E-state index is 11.9. The normalized spacial score (nSPS) is 47.8. The molecule has 0 unspecified atom stereocenters. The van der Waals surface area contributed by atoms with Gasteiger partial charge in [-0.05, 0) is 99.7 Å². The van der Waals surface area contributed by atoms with Gasteiger partial charge in [-0.15, -0.1) is 0 Å². The van der Waals surface area contributed by atoms with Crippen molar-refractivity contribution in [2.24, 2.45) is 45.3 Å². The lowest BCUT2D eigenvalue weighted by molar-refractivity contribution is -0.204. The minimum absolute atomic E-state index is 0.0603. The molecular formula is C30H52O4. The van der Waals surface area contributed by atoms with E-state index in [-0.39, 0.29) is 33.9 Å². The Bertz CT molecular complexity index is 811. The summed E-state index contributed by atoms with van der Waals surface area (Å²) in [5, 5.41) is 43.3. The van der Waals surface area contributed by atoms with Gasteiger partial charge in [0.15, 0.2) is 0 Å². The van der Waals surface area contributed by atoms with Crippen molar-refractivity contribution in [2.75, 3.05) is 0 Å². The van der Waals surface area contributed by atoms with E-state index in [9.17, 15) is 20.4 Å². The molecule has 0 heterocycles. The number of hydrogen-bond acceptors (Lipinski definition) is 4. The van der Waals surface area contributed by atoms with E-state index < -0.39 is 11.7 Å². The van der Waals surface area contributed by atoms with Crippen molar-refractivity contribution in [3.8, 4) is 0 Å². The summed E-state index contributed by atoms with van der Waals surface area (Å²) in [6, 6.07) is 0. The summed E-state index contributed by atoms with van der Waals surface area (Å²) in [7, 11) is 0. The Morgan fingerprint density at radius 1 is 0.971 bits per heavy atom. The first-order valence-electron chi connectivity index (χ1n) is 14.0. The number of allylic oxidation sites excluding steroid dienone is 1. The van der Waals surface area contributed by atoms with Crippen molar-refractivity contribution in [2.45, 2.75) is 131 Å². The van der Waals surface area contributed by atoms with Crippen LogP contribution in [0.3, 0.4) is 0 Å². The summed E-state index contributed by atoms with van der Waals surface area (Å²) < 4.78 is 0. The molecule has 0 aromatic heterocycles. The second-order valence-corrected chi connectivity index (χ2v) is 14.6. The Morgan fingerprint density at radius 3 is 2.24 bits per heavy atom. The molecule has 4 rings (SSSR count). The van der Waals surface area contributed by atoms with Crippen LogP contribution in [0.4, 0.5) is 0 Å². The highest BCUT2D eigenvalue weighted by molar-refractivity contribution is 5.31. The van der Waals surface area contributed by atoms with Crippen molar-refractivity contribution in [1.29, 1.82) is 0 Å². The Balaban J connectivity index is 1.63. The molecule has 0 aromatic rings. The van der Waals surface area contributed by atoms with Gasteiger partial charge in [0.1, 0.15) is 0 Å². The van der Waals surface area contributed by atoms with Crippen LogP contribution in [-0.4, -0.2) is 44.3 Å². The van der Waals surface area contributed by atoms with Gasteiger partial charge >= 0.3 is 0 Å². The molecule has 4 aliphatic carbocycles. The van der Waals surface area contributed by atoms with Crippen molar-refractivity contribution < 1.29 is 20.4 Å². The summed E-state index contributed by atoms with van der Waals surface area (Å²) in [4.78, 5) is 0. The number of aliphatic hydroxyl groups excluding tert-OH is 3. The molecule has 0 saturated heterocycles. The van der Waals surface area contributed by atoms with Crippen LogP contribution in [0.5, 0.6) is 0 Å². The predicted octanol–water partition coefficient (Wildman–Crippen LogP) is 5.47. The molecule has 34 heavy (non-hydrogen) atoms. The van der Waals surface area contributed by atoms with E-state index in [4.69, 9.17) is 0 Å². The van der Waals surface area contributed by atoms with Crippen LogP contribution in [0.25, 0.3) is 0 Å². The molecule has 0 spiro atoms. The van der Waals surface area contributed by atoms with Crippen molar-refractivity contribution in [3.05, 3.63) is 11.6 Å². The first kappa shape index (κ1) is 26.6. The Kier molecular flexibility index (Phi) is 6.50. The summed E-state index contributed by atoms with van der Waals surface area (Å²) in [5.74, 6) is 1.74. The van der Waals surface area contributed by atoms with E-state index in [0.717, 1.165) is 32.1 Å². The highest BCUT2D eigenvalue weighted by atomic mass is 16.3. The van der Waals surface area contributed by atoms with Crippen molar-refractivity contribution in [3.63, 3.8) is 0 Å². The molecule has 4 N–H and O–H groups in total. The topological polar surface area (TPSA) is 80.9 Å². The first-order valence-corrected chi connectivity index (χ1v) is 14.0. The van der Waals surface area contributed by atoms with Gasteiger partial charge in [0.2, 0.25) is 0 Å². The lowest BCUT2D eigenvalue weighted by Gasteiger charge is -2.67. The first-order chi connectivity index (χ1) is 15.5. The number of rotatable bonds is 5. The van der Waals surface area contributed by atoms with Crippen molar-refractivity contribution >= 4 is 0 Å². The van der Waals surface area contributed by atoms with Gasteiger partial charge in [-0.25, -0.2) is 0 Å². The Labute approximate surface area is 208 Å². The third-order valence-corrected chi connectivity index (χ3v) is 12.4. The van der Waals surface area contributed by atoms with Crippen molar-refractivity contribution in [1.82, 2.24) is 0 Å². The maximum Gasteiger partial charge on any atom is 0.0849 e. The zero-order valence-corrected chi connectivity index (χ0v) is 23.1. The molecule has 0 bridgehead atoms. The van der Waals surface area contributed by atoms with Gasteiger partial charge in [-0.3, -0.25) is 0 Å². The number of aliphatic hydroxyl groups is 4. The minimum atomic E-state index is -1.07. The van der Waals surface area contributed by atoms with E-state index in [1.807, 2.05) is 0 Å². The van der Waals surface area contributed by atoms with Gasteiger partial charge < -0.3 is 20.4 Å². The van der Waals surface area contributed by atoms with Crippen LogP contribution < -0.4 is 0 Å². The molecule has 3 fully saturated rings. The minimum Gasteiger partial charge on any atom is -0.393 e. The quantitative estimate of drug-likeness (QED) is 0.397. The SMILES string of the molecule is C[C@H](CC[C@@H](O)C(C)(C)O)[C@H]1CC[C@@]2(C)[C@@H]3CC=C4[C@@H](CC[C@H](O)C4(C)C)[C@]3(C)[C@H](O)C[C@]12C. The Morgan fingerprint density at radius 2 is 1.62 bits per heavy atom. The van der Waals surface area contributed by atoms with Gasteiger partial charge in [0, 0.05) is 10.8 Å². The van der Waals surface area contributed by atoms with Gasteiger partial charge in [-0.1, -0.05) is 53.2 Å². The van der Waals surface area contributed by atoms with Crippen LogP contribution >= 0.6 is 0 Å². The largest absolute Gasteiger partial charge is 0.393 e. The summed E-state index contributed by atoms with van der Waals surface area (Å²) in [6.45, 7) is 17.4. The third-order valence-electron chi connectivity index (χ3n) is 12.4. The monoisotopic (exact) mass is 476 g/mol. The van der Waals surface area contributed by atoms with Gasteiger partial charge in [-0.2, -0.15) is 0 Å². The van der Waals surface area contributed by atoms with Crippen LogP contribution in [0.2, 0.25) is 0 Å². The fourth-order valence-electron chi connectivity index (χ4n) is 9.64. The highest BCUT2D eigenvalue weighted by Crippen LogP contribution is 2.74. The second-order valence-electron chi connectivity index (χ2n) is 14.6. The fourth-order valence-corrected chi connectivity index (χ4v) is 9.64. The summed E-state index contributed by atoms with van der Waals surface area (Å²) in [5.41, 5.74) is 0.184. The van der Waals surface area contributed by atoms with Gasteiger partial charge in [0.05, 0.1) is 23.9 Å². The Hall–Kier alpha value is -0.420. The van der Waals surface area contributed by atoms with Crippen LogP contribution in [0.1, 0.15) is 107 Å². The number of fused-ring (bicyclic) bond motifs is 5. The zero-order chi connectivity index (χ0) is 25.5. The smallest absolute Gasteiger partial charge is 0.0849 e. The van der Waals surface area contributed by atoms with Crippen LogP contribution in [0, 0.1) is 45.3 Å². The molecule has 4 nitrogen and oxygen atoms in total. The fraction of sp³-hybridized carbons (Fsp3) is 0.933. The molecular weight excluding hydrogens is 424 g/mol. The maximum absolute atomic E-state index is 11.9. The molecule has 0 amide bonds. The molecule has 196 valence electrons. The molecule has 3 saturated carbocycles. The van der Waals surface area contributed by atoms with Crippen LogP contribution in [0.15, 0.2) is 11.6 Å². The zero-order valence-electron chi connectivity index (χ0n) is 23.1. The molecule has 10 atom stereocenters. The molecule has 0 aliphatic heterocycles. The molecule has 0 radical (unpaired) electrons. The van der Waals surface area contributed by atoms with E-state index in [1.54, 1.807) is 13.8 Å². The molecule has 4 heteroatoms. The number of hydrogen-bond donors (Lipinski definition) is 4. The molecule has 4 aliphatic rings. The average Bonchev–Trinajstić information content (AvgIpc) is 2.99. The highest BCUT2D eigenvalue weighted by Gasteiger charge is 2.70. The standard InChI is InChI=1S/C30H52O4/c1-18(9-13-24(32)27(4,5)34)19-15-16-28(6)22-12-10-20-21(11-14-23(31)26(20,2)3)30(22,8)25(33)17-29(19,28)7/h10,18-19,21-25,31-34H,9,11-17H2,1-8H3/t18-,19-,21-,22+,23+,24-,25-,28+,29-,30+/m1/s1. The van der Waals surface area contributed by atoms with E-state index >= 15 is 0 Å². The van der Waals surface area contributed by atoms with E-state index in [0.29, 0.717) is 30.1 Å². The molecule has 0 aromatic carbocycles. The lowest BCUT2D eigenvalue weighted by Crippen LogP contribution is -2.64. The van der Waals surface area contributed by atoms with E-state index in [2.05, 4.69) is 47.6 Å². The second kappa shape index (κ2) is 8.30. The third kappa shape index (κ3) is 3.60. The predicted molar refractivity (Wildman–Crippen MR) is 137 cm³/mol. The lowest BCUT2D eigenvalue weighted by atomic mass is 9.38. The average molecular weight is 477 g/mol. The van der Waals surface area contributed by atoms with Crippen LogP contribution in [-0.2, 0) is 0 Å². The van der Waals surface area contributed by atoms with E-state index in [1.165, 1.54) is 18.4 Å². The summed E-state index contributed by atoms with van der Waals surface area (Å²) >= 11 is 0. The van der Waals surface area contributed by atoms with Gasteiger partial charge in [0.25, 0.3) is 0 Å². The summed E-state index contributed by atoms with van der Waals surface area (Å²) in [6.07, 6.45) is 8.64.